The summed E-state index contributed by atoms with van der Waals surface area (Å²) in [4.78, 5) is 8.36. The van der Waals surface area contributed by atoms with Crippen molar-refractivity contribution in [3.05, 3.63) is 11.9 Å². The number of aromatic nitrogens is 2. The Labute approximate surface area is 104 Å². The van der Waals surface area contributed by atoms with Crippen LogP contribution in [0.4, 0.5) is 11.6 Å². The molecule has 17 heavy (non-hydrogen) atoms. The zero-order valence-corrected chi connectivity index (χ0v) is 11.5. The molecular formula is C13H24N4. The van der Waals surface area contributed by atoms with E-state index in [-0.39, 0.29) is 0 Å². The maximum absolute atomic E-state index is 5.91. The van der Waals surface area contributed by atoms with Crippen LogP contribution >= 0.6 is 0 Å². The second kappa shape index (κ2) is 5.84. The predicted molar refractivity (Wildman–Crippen MR) is 73.1 cm³/mol. The summed E-state index contributed by atoms with van der Waals surface area (Å²) >= 11 is 0. The molecule has 4 heteroatoms. The standard InChI is InChI=1S/C13H24N4/c1-8(2)6-10(5)17-13-11(9(3)4)12(14)15-7-16-13/h7-10H,6H2,1-5H3,(H3,14,15,16,17). The first-order valence-electron chi connectivity index (χ1n) is 6.28. The third-order valence-corrected chi connectivity index (χ3v) is 2.70. The van der Waals surface area contributed by atoms with Crippen LogP contribution < -0.4 is 11.1 Å². The third-order valence-electron chi connectivity index (χ3n) is 2.70. The minimum absolute atomic E-state index is 0.324. The fourth-order valence-electron chi connectivity index (χ4n) is 2.09. The summed E-state index contributed by atoms with van der Waals surface area (Å²) in [6.45, 7) is 10.8. The number of nitrogen functional groups attached to an aromatic ring is 1. The molecule has 1 rings (SSSR count). The van der Waals surface area contributed by atoms with Crippen LogP contribution in [0.15, 0.2) is 6.33 Å². The molecule has 0 aliphatic carbocycles. The summed E-state index contributed by atoms with van der Waals surface area (Å²) in [6.07, 6.45) is 2.63. The smallest absolute Gasteiger partial charge is 0.135 e. The van der Waals surface area contributed by atoms with E-state index < -0.39 is 0 Å². The van der Waals surface area contributed by atoms with Gasteiger partial charge in [-0.25, -0.2) is 9.97 Å². The first kappa shape index (κ1) is 13.7. The molecule has 0 fully saturated rings. The fraction of sp³-hybridized carbons (Fsp3) is 0.692. The zero-order valence-electron chi connectivity index (χ0n) is 11.5. The Hall–Kier alpha value is -1.32. The molecule has 1 aromatic heterocycles. The Balaban J connectivity index is 2.87. The minimum Gasteiger partial charge on any atom is -0.383 e. The number of anilines is 2. The molecule has 0 bridgehead atoms. The quantitative estimate of drug-likeness (QED) is 0.824. The van der Waals surface area contributed by atoms with Crippen LogP contribution in [0.2, 0.25) is 0 Å². The minimum atomic E-state index is 0.324. The lowest BCUT2D eigenvalue weighted by Crippen LogP contribution is -2.20. The molecule has 3 N–H and O–H groups in total. The highest BCUT2D eigenvalue weighted by molar-refractivity contribution is 5.56. The first-order chi connectivity index (χ1) is 7.91. The highest BCUT2D eigenvalue weighted by Gasteiger charge is 2.14. The van der Waals surface area contributed by atoms with Gasteiger partial charge in [-0.15, -0.1) is 0 Å². The number of nitrogens with zero attached hydrogens (tertiary/aromatic N) is 2. The molecule has 1 atom stereocenters. The van der Waals surface area contributed by atoms with Crippen LogP contribution in [0, 0.1) is 5.92 Å². The Morgan fingerprint density at radius 3 is 2.35 bits per heavy atom. The van der Waals surface area contributed by atoms with Gasteiger partial charge >= 0.3 is 0 Å². The first-order valence-corrected chi connectivity index (χ1v) is 6.28. The molecule has 0 radical (unpaired) electrons. The molecule has 1 aromatic rings. The van der Waals surface area contributed by atoms with Crippen LogP contribution in [-0.4, -0.2) is 16.0 Å². The molecule has 0 spiro atoms. The summed E-state index contributed by atoms with van der Waals surface area (Å²) in [5.74, 6) is 2.44. The van der Waals surface area contributed by atoms with E-state index >= 15 is 0 Å². The molecule has 4 nitrogen and oxygen atoms in total. The Bertz CT molecular complexity index is 360. The number of hydrogen-bond acceptors (Lipinski definition) is 4. The molecule has 96 valence electrons. The van der Waals surface area contributed by atoms with Gasteiger partial charge in [0, 0.05) is 11.6 Å². The third kappa shape index (κ3) is 3.88. The molecule has 0 aromatic carbocycles. The SMILES string of the molecule is CC(C)CC(C)Nc1ncnc(N)c1C(C)C. The molecule has 0 aliphatic rings. The van der Waals surface area contributed by atoms with Crippen molar-refractivity contribution >= 4 is 11.6 Å². The van der Waals surface area contributed by atoms with Gasteiger partial charge in [-0.05, 0) is 25.2 Å². The Morgan fingerprint density at radius 1 is 1.18 bits per heavy atom. The Morgan fingerprint density at radius 2 is 1.82 bits per heavy atom. The average molecular weight is 236 g/mol. The maximum atomic E-state index is 5.91. The number of rotatable bonds is 5. The molecule has 0 amide bonds. The second-order valence-corrected chi connectivity index (χ2v) is 5.35. The molecular weight excluding hydrogens is 212 g/mol. The van der Waals surface area contributed by atoms with Gasteiger partial charge in [0.05, 0.1) is 0 Å². The van der Waals surface area contributed by atoms with Gasteiger partial charge in [-0.1, -0.05) is 27.7 Å². The topological polar surface area (TPSA) is 63.8 Å². The highest BCUT2D eigenvalue weighted by Crippen LogP contribution is 2.27. The largest absolute Gasteiger partial charge is 0.383 e. The van der Waals surface area contributed by atoms with E-state index in [9.17, 15) is 0 Å². The number of nitrogens with two attached hydrogens (primary N) is 1. The van der Waals surface area contributed by atoms with Crippen molar-refractivity contribution in [3.8, 4) is 0 Å². The van der Waals surface area contributed by atoms with E-state index in [2.05, 4.69) is 49.9 Å². The van der Waals surface area contributed by atoms with Crippen molar-refractivity contribution in [3.63, 3.8) is 0 Å². The lowest BCUT2D eigenvalue weighted by molar-refractivity contribution is 0.538. The summed E-state index contributed by atoms with van der Waals surface area (Å²) in [5.41, 5.74) is 6.92. The van der Waals surface area contributed by atoms with Crippen LogP contribution in [0.1, 0.15) is 52.5 Å². The van der Waals surface area contributed by atoms with E-state index in [1.54, 1.807) is 0 Å². The molecule has 0 saturated heterocycles. The second-order valence-electron chi connectivity index (χ2n) is 5.35. The number of nitrogens with one attached hydrogen (secondary N) is 1. The lowest BCUT2D eigenvalue weighted by Gasteiger charge is -2.20. The fourth-order valence-corrected chi connectivity index (χ4v) is 2.09. The maximum Gasteiger partial charge on any atom is 0.135 e. The van der Waals surface area contributed by atoms with Crippen molar-refractivity contribution < 1.29 is 0 Å². The van der Waals surface area contributed by atoms with Gasteiger partial charge in [0.15, 0.2) is 0 Å². The average Bonchev–Trinajstić information content (AvgIpc) is 2.15. The predicted octanol–water partition coefficient (Wildman–Crippen LogP) is 3.03. The van der Waals surface area contributed by atoms with Crippen LogP contribution in [0.25, 0.3) is 0 Å². The summed E-state index contributed by atoms with van der Waals surface area (Å²) in [5, 5.41) is 3.43. The summed E-state index contributed by atoms with van der Waals surface area (Å²) in [6, 6.07) is 0.391. The van der Waals surface area contributed by atoms with Gasteiger partial charge in [-0.3, -0.25) is 0 Å². The molecule has 0 aliphatic heterocycles. The number of hydrogen-bond donors (Lipinski definition) is 2. The van der Waals surface area contributed by atoms with E-state index in [4.69, 9.17) is 5.73 Å². The van der Waals surface area contributed by atoms with Gasteiger partial charge in [0.1, 0.15) is 18.0 Å². The summed E-state index contributed by atoms with van der Waals surface area (Å²) in [7, 11) is 0. The normalized spacial score (nSPS) is 13.1. The summed E-state index contributed by atoms with van der Waals surface area (Å²) < 4.78 is 0. The van der Waals surface area contributed by atoms with Gasteiger partial charge in [0.25, 0.3) is 0 Å². The lowest BCUT2D eigenvalue weighted by atomic mass is 10.0. The Kier molecular flexibility index (Phi) is 4.73. The van der Waals surface area contributed by atoms with E-state index in [0.717, 1.165) is 17.8 Å². The van der Waals surface area contributed by atoms with Crippen molar-refractivity contribution in [2.75, 3.05) is 11.1 Å². The van der Waals surface area contributed by atoms with Crippen molar-refractivity contribution in [2.45, 2.75) is 53.0 Å². The highest BCUT2D eigenvalue weighted by atomic mass is 15.1. The molecule has 0 saturated carbocycles. The van der Waals surface area contributed by atoms with Crippen LogP contribution in [-0.2, 0) is 0 Å². The molecule has 1 unspecified atom stereocenters. The van der Waals surface area contributed by atoms with Crippen LogP contribution in [0.5, 0.6) is 0 Å². The van der Waals surface area contributed by atoms with Crippen LogP contribution in [0.3, 0.4) is 0 Å². The van der Waals surface area contributed by atoms with Crippen molar-refractivity contribution in [1.82, 2.24) is 9.97 Å². The zero-order chi connectivity index (χ0) is 13.0. The van der Waals surface area contributed by atoms with Gasteiger partial charge < -0.3 is 11.1 Å². The van der Waals surface area contributed by atoms with Gasteiger partial charge in [-0.2, -0.15) is 0 Å². The van der Waals surface area contributed by atoms with Gasteiger partial charge in [0.2, 0.25) is 0 Å². The van der Waals surface area contributed by atoms with E-state index in [1.165, 1.54) is 6.33 Å². The van der Waals surface area contributed by atoms with Crippen molar-refractivity contribution in [1.29, 1.82) is 0 Å². The monoisotopic (exact) mass is 236 g/mol. The molecule has 1 heterocycles. The van der Waals surface area contributed by atoms with E-state index in [0.29, 0.717) is 23.7 Å². The van der Waals surface area contributed by atoms with E-state index in [1.807, 2.05) is 0 Å². The van der Waals surface area contributed by atoms with Crippen molar-refractivity contribution in [2.24, 2.45) is 5.92 Å².